The van der Waals surface area contributed by atoms with Gasteiger partial charge in [-0.2, -0.15) is 11.8 Å². The third-order valence-electron chi connectivity index (χ3n) is 4.40. The van der Waals surface area contributed by atoms with E-state index in [0.717, 1.165) is 31.7 Å². The second-order valence-electron chi connectivity index (χ2n) is 6.72. The van der Waals surface area contributed by atoms with Gasteiger partial charge in [0.25, 0.3) is 11.8 Å². The fourth-order valence-corrected chi connectivity index (χ4v) is 3.50. The van der Waals surface area contributed by atoms with Crippen molar-refractivity contribution < 1.29 is 39.0 Å². The van der Waals surface area contributed by atoms with Crippen LogP contribution in [0.25, 0.3) is 0 Å². The summed E-state index contributed by atoms with van der Waals surface area (Å²) >= 11 is 0.914. The molecule has 1 saturated heterocycles. The number of likely N-dealkylation sites (N-methyl/N-ethyl adjacent to an activating group) is 1. The molecule has 0 bridgehead atoms. The van der Waals surface area contributed by atoms with Gasteiger partial charge in [0.1, 0.15) is 12.1 Å². The number of likely N-dealkylation sites (tertiary alicyclic amines) is 1. The zero-order chi connectivity index (χ0) is 22.8. The van der Waals surface area contributed by atoms with Gasteiger partial charge in [0, 0.05) is 32.3 Å². The quantitative estimate of drug-likeness (QED) is 0.278. The van der Waals surface area contributed by atoms with Gasteiger partial charge in [0.05, 0.1) is 5.75 Å². The minimum atomic E-state index is -1.53. The summed E-state index contributed by atoms with van der Waals surface area (Å²) < 4.78 is 0. The Morgan fingerprint density at radius 1 is 1.13 bits per heavy atom. The minimum absolute atomic E-state index is 0.147. The molecular formula is C17H26N4O8S. The molecule has 0 spiro atoms. The number of ketones is 1. The van der Waals surface area contributed by atoms with Gasteiger partial charge >= 0.3 is 12.1 Å². The van der Waals surface area contributed by atoms with E-state index in [1.807, 2.05) is 0 Å². The maximum atomic E-state index is 12.3. The summed E-state index contributed by atoms with van der Waals surface area (Å²) in [5.41, 5.74) is 5.33. The second-order valence-corrected chi connectivity index (χ2v) is 7.75. The Hall–Kier alpha value is -2.67. The lowest BCUT2D eigenvalue weighted by Crippen LogP contribution is -2.50. The molecule has 0 saturated carbocycles. The van der Waals surface area contributed by atoms with Gasteiger partial charge in [-0.3, -0.25) is 24.0 Å². The van der Waals surface area contributed by atoms with E-state index < -0.39 is 47.7 Å². The lowest BCUT2D eigenvalue weighted by Gasteiger charge is -2.21. The van der Waals surface area contributed by atoms with Crippen LogP contribution in [0, 0.1) is 0 Å². The Morgan fingerprint density at radius 2 is 1.73 bits per heavy atom. The molecule has 168 valence electrons. The maximum absolute atomic E-state index is 12.3. The molecule has 1 rings (SSSR count). The smallest absolute Gasteiger partial charge is 0.413 e. The van der Waals surface area contributed by atoms with E-state index in [9.17, 15) is 28.8 Å². The van der Waals surface area contributed by atoms with E-state index in [0.29, 0.717) is 18.0 Å². The summed E-state index contributed by atoms with van der Waals surface area (Å²) in [6, 6.07) is -2.53. The number of rotatable bonds is 11. The average Bonchev–Trinajstić information content (AvgIpc) is 3.23. The average molecular weight is 446 g/mol. The molecule has 0 aromatic rings. The number of aliphatic carboxylic acids is 1. The van der Waals surface area contributed by atoms with E-state index in [1.54, 1.807) is 0 Å². The summed E-state index contributed by atoms with van der Waals surface area (Å²) in [5.74, 6) is -4.51. The lowest BCUT2D eigenvalue weighted by molar-refractivity contribution is -0.142. The van der Waals surface area contributed by atoms with Crippen LogP contribution >= 0.6 is 11.8 Å². The molecule has 1 fully saturated rings. The number of imide groups is 1. The largest absolute Gasteiger partial charge is 0.480 e. The number of carboxylic acid groups (broad SMARTS) is 2. The third kappa shape index (κ3) is 7.99. The van der Waals surface area contributed by atoms with E-state index in [4.69, 9.17) is 15.9 Å². The summed E-state index contributed by atoms with van der Waals surface area (Å²) in [6.07, 6.45) is -0.320. The van der Waals surface area contributed by atoms with E-state index >= 15 is 0 Å². The molecule has 0 aromatic carbocycles. The van der Waals surface area contributed by atoms with Crippen LogP contribution in [0.1, 0.15) is 25.7 Å². The van der Waals surface area contributed by atoms with Crippen molar-refractivity contribution in [2.24, 2.45) is 5.73 Å². The highest BCUT2D eigenvalue weighted by Gasteiger charge is 2.29. The molecule has 4 amide bonds. The summed E-state index contributed by atoms with van der Waals surface area (Å²) in [5, 5.41) is 20.1. The van der Waals surface area contributed by atoms with Crippen LogP contribution in [0.15, 0.2) is 0 Å². The van der Waals surface area contributed by atoms with Gasteiger partial charge in [0.2, 0.25) is 11.7 Å². The number of carboxylic acids is 1. The first-order chi connectivity index (χ1) is 14.0. The zero-order valence-electron chi connectivity index (χ0n) is 16.5. The molecule has 1 aliphatic heterocycles. The van der Waals surface area contributed by atoms with Crippen molar-refractivity contribution in [2.75, 3.05) is 31.6 Å². The Morgan fingerprint density at radius 3 is 2.27 bits per heavy atom. The highest BCUT2D eigenvalue weighted by atomic mass is 32.2. The molecule has 5 N–H and O–H groups in total. The first kappa shape index (κ1) is 25.4. The Balaban J connectivity index is 2.64. The zero-order valence-corrected chi connectivity index (χ0v) is 17.4. The van der Waals surface area contributed by atoms with Crippen LogP contribution in [0.5, 0.6) is 0 Å². The number of thioether (sulfide) groups is 1. The van der Waals surface area contributed by atoms with Crippen molar-refractivity contribution >= 4 is 47.3 Å². The predicted molar refractivity (Wildman–Crippen MR) is 106 cm³/mol. The van der Waals surface area contributed by atoms with Crippen molar-refractivity contribution in [3.63, 3.8) is 0 Å². The Bertz CT molecular complexity index is 695. The van der Waals surface area contributed by atoms with Crippen molar-refractivity contribution in [1.29, 1.82) is 0 Å². The molecule has 0 aliphatic carbocycles. The van der Waals surface area contributed by atoms with Crippen molar-refractivity contribution in [3.05, 3.63) is 0 Å². The van der Waals surface area contributed by atoms with Gasteiger partial charge in [-0.1, -0.05) is 0 Å². The number of nitrogens with two attached hydrogens (primary N) is 1. The van der Waals surface area contributed by atoms with Gasteiger partial charge in [-0.15, -0.1) is 0 Å². The van der Waals surface area contributed by atoms with Crippen molar-refractivity contribution in [2.45, 2.75) is 37.8 Å². The van der Waals surface area contributed by atoms with Crippen LogP contribution in [0.2, 0.25) is 0 Å². The molecule has 13 heteroatoms. The molecule has 12 nitrogen and oxygen atoms in total. The Kier molecular flexibility index (Phi) is 10.3. The SMILES string of the molecule is CN(C(=O)O)C(=O)C(CSCC(=O)C(=O)N1CCCC1)NC(=O)CCC(N)C(=O)O. The monoisotopic (exact) mass is 446 g/mol. The molecule has 2 unspecified atom stereocenters. The molecule has 30 heavy (non-hydrogen) atoms. The van der Waals surface area contributed by atoms with Gasteiger partial charge in [-0.05, 0) is 19.3 Å². The van der Waals surface area contributed by atoms with Gasteiger partial charge < -0.3 is 26.2 Å². The Labute approximate surface area is 177 Å². The fraction of sp³-hybridized carbons (Fsp3) is 0.647. The number of nitrogens with one attached hydrogen (secondary N) is 1. The van der Waals surface area contributed by atoms with Gasteiger partial charge in [-0.25, -0.2) is 9.69 Å². The standard InChI is InChI=1S/C17H26N4O8S/c1-20(17(28)29)14(24)11(19-13(23)5-4-10(18)16(26)27)8-30-9-12(22)15(25)21-6-2-3-7-21/h10-11H,2-9,18H2,1H3,(H,19,23)(H,26,27)(H,28,29). The number of amides is 4. The summed E-state index contributed by atoms with van der Waals surface area (Å²) in [7, 11) is 1.01. The molecular weight excluding hydrogens is 420 g/mol. The molecule has 1 aliphatic rings. The molecule has 2 atom stereocenters. The maximum Gasteiger partial charge on any atom is 0.413 e. The summed E-state index contributed by atoms with van der Waals surface area (Å²) in [4.78, 5) is 72.0. The minimum Gasteiger partial charge on any atom is -0.480 e. The number of Topliss-reactive ketones (excluding diaryl/α,β-unsaturated/α-hetero) is 1. The summed E-state index contributed by atoms with van der Waals surface area (Å²) in [6.45, 7) is 1.04. The van der Waals surface area contributed by atoms with Crippen LogP contribution in [0.3, 0.4) is 0 Å². The van der Waals surface area contributed by atoms with Crippen molar-refractivity contribution in [3.8, 4) is 0 Å². The van der Waals surface area contributed by atoms with Gasteiger partial charge in [0.15, 0.2) is 0 Å². The lowest BCUT2D eigenvalue weighted by atomic mass is 10.1. The predicted octanol–water partition coefficient (Wildman–Crippen LogP) is -1.28. The first-order valence-electron chi connectivity index (χ1n) is 9.22. The number of nitrogens with zero attached hydrogens (tertiary/aromatic N) is 2. The van der Waals surface area contributed by atoms with Crippen LogP contribution < -0.4 is 11.1 Å². The van der Waals surface area contributed by atoms with E-state index in [1.165, 1.54) is 4.90 Å². The van der Waals surface area contributed by atoms with Crippen LogP contribution in [-0.4, -0.2) is 99.3 Å². The van der Waals surface area contributed by atoms with Crippen LogP contribution in [0.4, 0.5) is 4.79 Å². The topological polar surface area (TPSA) is 187 Å². The molecule has 0 radical (unpaired) electrons. The second kappa shape index (κ2) is 12.1. The number of hydrogen-bond donors (Lipinski definition) is 4. The van der Waals surface area contributed by atoms with Crippen molar-refractivity contribution in [1.82, 2.24) is 15.1 Å². The van der Waals surface area contributed by atoms with E-state index in [2.05, 4.69) is 5.32 Å². The highest BCUT2D eigenvalue weighted by molar-refractivity contribution is 8.00. The first-order valence-corrected chi connectivity index (χ1v) is 10.4. The van der Waals surface area contributed by atoms with Crippen LogP contribution in [-0.2, 0) is 24.0 Å². The highest BCUT2D eigenvalue weighted by Crippen LogP contribution is 2.11. The fourth-order valence-electron chi connectivity index (χ4n) is 2.61. The molecule has 0 aromatic heterocycles. The number of carbonyl (C=O) groups excluding carboxylic acids is 4. The third-order valence-corrected chi connectivity index (χ3v) is 5.44. The number of carbonyl (C=O) groups is 6. The number of hydrogen-bond acceptors (Lipinski definition) is 8. The molecule has 1 heterocycles. The normalized spacial score (nSPS) is 15.2. The van der Waals surface area contributed by atoms with E-state index in [-0.39, 0.29) is 24.3 Å².